The Kier molecular flexibility index (Phi) is 3.14. The minimum atomic E-state index is 0.169. The first-order valence-corrected chi connectivity index (χ1v) is 6.58. The highest BCUT2D eigenvalue weighted by molar-refractivity contribution is 5.64. The van der Waals surface area contributed by atoms with E-state index in [1.165, 1.54) is 12.7 Å². The number of nitrogens with zero attached hydrogens (tertiary/aromatic N) is 4. The summed E-state index contributed by atoms with van der Waals surface area (Å²) >= 11 is 0. The third kappa shape index (κ3) is 2.24. The van der Waals surface area contributed by atoms with Crippen molar-refractivity contribution in [3.63, 3.8) is 0 Å². The van der Waals surface area contributed by atoms with E-state index in [9.17, 15) is 0 Å². The minimum absolute atomic E-state index is 0.169. The summed E-state index contributed by atoms with van der Waals surface area (Å²) in [6, 6.07) is 8.53. The molecule has 20 heavy (non-hydrogen) atoms. The maximum Gasteiger partial charge on any atom is 0.322 e. The summed E-state index contributed by atoms with van der Waals surface area (Å²) in [5.74, 6) is 1.23. The molecule has 1 aromatic carbocycles. The Labute approximate surface area is 117 Å². The molecule has 0 fully saturated rings. The van der Waals surface area contributed by atoms with Gasteiger partial charge >= 0.3 is 6.01 Å². The van der Waals surface area contributed by atoms with E-state index in [4.69, 9.17) is 10.5 Å². The molecule has 0 aliphatic carbocycles. The topological polar surface area (TPSA) is 77.2 Å². The van der Waals surface area contributed by atoms with E-state index < -0.39 is 0 Å². The molecule has 2 N–H and O–H groups in total. The molecule has 0 saturated carbocycles. The highest BCUT2D eigenvalue weighted by Gasteiger charge is 2.25. The summed E-state index contributed by atoms with van der Waals surface area (Å²) in [5.41, 5.74) is 8.15. The fraction of sp³-hybridized carbons (Fsp3) is 0.357. The highest BCUT2D eigenvalue weighted by atomic mass is 16.5. The second-order valence-corrected chi connectivity index (χ2v) is 5.03. The van der Waals surface area contributed by atoms with Crippen LogP contribution >= 0.6 is 0 Å². The van der Waals surface area contributed by atoms with E-state index in [1.54, 1.807) is 0 Å². The van der Waals surface area contributed by atoms with Gasteiger partial charge in [0.2, 0.25) is 11.9 Å². The largest absolute Gasteiger partial charge is 0.467 e. The van der Waals surface area contributed by atoms with Crippen molar-refractivity contribution in [1.29, 1.82) is 0 Å². The molecule has 6 heteroatoms. The van der Waals surface area contributed by atoms with E-state index in [0.717, 1.165) is 18.7 Å². The van der Waals surface area contributed by atoms with Crippen LogP contribution in [-0.2, 0) is 6.42 Å². The van der Waals surface area contributed by atoms with Gasteiger partial charge in [-0.1, -0.05) is 25.1 Å². The Morgan fingerprint density at radius 2 is 2.05 bits per heavy atom. The molecule has 3 rings (SSSR count). The molecule has 2 heterocycles. The van der Waals surface area contributed by atoms with Crippen molar-refractivity contribution in [2.45, 2.75) is 13.3 Å². The molecule has 1 aliphatic rings. The standard InChI is InChI=1S/C14H17N5O/c1-9-7-10-5-3-4-6-11(10)19(8-9)13-16-12(15)17-14(18-13)20-2/h3-6,9H,7-8H2,1-2H3,(H2,15,16,17,18). The van der Waals surface area contributed by atoms with E-state index in [0.29, 0.717) is 11.9 Å². The molecule has 6 nitrogen and oxygen atoms in total. The zero-order chi connectivity index (χ0) is 14.1. The number of hydrogen-bond donors (Lipinski definition) is 1. The fourth-order valence-electron chi connectivity index (χ4n) is 2.56. The molecule has 0 radical (unpaired) electrons. The van der Waals surface area contributed by atoms with Crippen LogP contribution in [0, 0.1) is 5.92 Å². The number of benzene rings is 1. The Bertz CT molecular complexity index is 631. The Balaban J connectivity index is 2.08. The molecular weight excluding hydrogens is 254 g/mol. The first kappa shape index (κ1) is 12.7. The fourth-order valence-corrected chi connectivity index (χ4v) is 2.56. The van der Waals surface area contributed by atoms with Crippen LogP contribution in [0.1, 0.15) is 12.5 Å². The van der Waals surface area contributed by atoms with Crippen LogP contribution < -0.4 is 15.4 Å². The first-order valence-electron chi connectivity index (χ1n) is 6.58. The van der Waals surface area contributed by atoms with Gasteiger partial charge in [-0.15, -0.1) is 0 Å². The second-order valence-electron chi connectivity index (χ2n) is 5.03. The number of ether oxygens (including phenoxy) is 1. The van der Waals surface area contributed by atoms with Gasteiger partial charge in [0.1, 0.15) is 0 Å². The number of nitrogen functional groups attached to an aromatic ring is 1. The number of para-hydroxylation sites is 1. The summed E-state index contributed by atoms with van der Waals surface area (Å²) in [6.45, 7) is 3.06. The molecule has 2 aromatic rings. The zero-order valence-electron chi connectivity index (χ0n) is 11.6. The molecule has 1 atom stereocenters. The van der Waals surface area contributed by atoms with Crippen LogP contribution in [0.25, 0.3) is 0 Å². The molecule has 104 valence electrons. The summed E-state index contributed by atoms with van der Waals surface area (Å²) in [6.07, 6.45) is 1.06. The lowest BCUT2D eigenvalue weighted by molar-refractivity contribution is 0.379. The van der Waals surface area contributed by atoms with E-state index in [2.05, 4.69) is 45.0 Å². The van der Waals surface area contributed by atoms with E-state index in [-0.39, 0.29) is 12.0 Å². The highest BCUT2D eigenvalue weighted by Crippen LogP contribution is 2.33. The molecule has 0 bridgehead atoms. The van der Waals surface area contributed by atoms with Crippen LogP contribution in [0.15, 0.2) is 24.3 Å². The van der Waals surface area contributed by atoms with Gasteiger partial charge in [0.15, 0.2) is 0 Å². The van der Waals surface area contributed by atoms with Crippen molar-refractivity contribution >= 4 is 17.6 Å². The van der Waals surface area contributed by atoms with Crippen LogP contribution in [0.2, 0.25) is 0 Å². The third-order valence-electron chi connectivity index (χ3n) is 3.39. The Morgan fingerprint density at radius 1 is 1.25 bits per heavy atom. The summed E-state index contributed by atoms with van der Waals surface area (Å²) in [5, 5.41) is 0. The number of rotatable bonds is 2. The first-order chi connectivity index (χ1) is 9.67. The van der Waals surface area contributed by atoms with Crippen LogP contribution in [0.3, 0.4) is 0 Å². The molecule has 1 aliphatic heterocycles. The lowest BCUT2D eigenvalue weighted by Crippen LogP contribution is -2.32. The minimum Gasteiger partial charge on any atom is -0.467 e. The second kappa shape index (κ2) is 4.96. The van der Waals surface area contributed by atoms with Gasteiger partial charge in [0.05, 0.1) is 7.11 Å². The van der Waals surface area contributed by atoms with Gasteiger partial charge in [-0.05, 0) is 24.0 Å². The van der Waals surface area contributed by atoms with Crippen molar-refractivity contribution in [2.24, 2.45) is 5.92 Å². The zero-order valence-corrected chi connectivity index (χ0v) is 11.6. The van der Waals surface area contributed by atoms with Crippen molar-refractivity contribution in [3.05, 3.63) is 29.8 Å². The predicted octanol–water partition coefficient (Wildman–Crippen LogP) is 1.79. The number of fused-ring (bicyclic) bond motifs is 1. The molecule has 0 spiro atoms. The smallest absolute Gasteiger partial charge is 0.322 e. The summed E-state index contributed by atoms with van der Waals surface area (Å²) < 4.78 is 5.07. The Hall–Kier alpha value is -2.37. The van der Waals surface area contributed by atoms with Crippen LogP contribution in [-0.4, -0.2) is 28.6 Å². The van der Waals surface area contributed by atoms with Crippen molar-refractivity contribution < 1.29 is 4.74 Å². The van der Waals surface area contributed by atoms with Gasteiger partial charge in [-0.25, -0.2) is 0 Å². The monoisotopic (exact) mass is 271 g/mol. The molecule has 0 saturated heterocycles. The summed E-state index contributed by atoms with van der Waals surface area (Å²) in [4.78, 5) is 14.6. The van der Waals surface area contributed by atoms with Crippen LogP contribution in [0.4, 0.5) is 17.6 Å². The average molecular weight is 271 g/mol. The molecule has 0 amide bonds. The maximum absolute atomic E-state index is 5.73. The molecular formula is C14H17N5O. The number of methoxy groups -OCH3 is 1. The number of anilines is 3. The van der Waals surface area contributed by atoms with Crippen molar-refractivity contribution in [2.75, 3.05) is 24.3 Å². The van der Waals surface area contributed by atoms with Crippen molar-refractivity contribution in [3.8, 4) is 6.01 Å². The van der Waals surface area contributed by atoms with Gasteiger partial charge in [-0.2, -0.15) is 15.0 Å². The number of nitrogens with two attached hydrogens (primary N) is 1. The quantitative estimate of drug-likeness (QED) is 0.897. The van der Waals surface area contributed by atoms with Gasteiger partial charge in [-0.3, -0.25) is 0 Å². The predicted molar refractivity (Wildman–Crippen MR) is 77.1 cm³/mol. The summed E-state index contributed by atoms with van der Waals surface area (Å²) in [7, 11) is 1.52. The van der Waals surface area contributed by atoms with E-state index >= 15 is 0 Å². The number of hydrogen-bond acceptors (Lipinski definition) is 6. The van der Waals surface area contributed by atoms with E-state index in [1.807, 2.05) is 6.07 Å². The average Bonchev–Trinajstić information content (AvgIpc) is 2.45. The van der Waals surface area contributed by atoms with Gasteiger partial charge < -0.3 is 15.4 Å². The van der Waals surface area contributed by atoms with Crippen molar-refractivity contribution in [1.82, 2.24) is 15.0 Å². The SMILES string of the molecule is COc1nc(N)nc(N2CC(C)Cc3ccccc32)n1. The molecule has 1 unspecified atom stereocenters. The van der Waals surface area contributed by atoms with Gasteiger partial charge in [0, 0.05) is 12.2 Å². The normalized spacial score (nSPS) is 17.7. The lowest BCUT2D eigenvalue weighted by atomic mass is 9.94. The lowest BCUT2D eigenvalue weighted by Gasteiger charge is -2.33. The Morgan fingerprint density at radius 3 is 2.85 bits per heavy atom. The third-order valence-corrected chi connectivity index (χ3v) is 3.39. The molecule has 1 aromatic heterocycles. The number of aromatic nitrogens is 3. The van der Waals surface area contributed by atoms with Gasteiger partial charge in [0.25, 0.3) is 0 Å². The van der Waals surface area contributed by atoms with Crippen LogP contribution in [0.5, 0.6) is 6.01 Å². The maximum atomic E-state index is 5.73.